The highest BCUT2D eigenvalue weighted by Gasteiger charge is 2.29. The number of nitrogens with one attached hydrogen (secondary N) is 1. The van der Waals surface area contributed by atoms with Crippen molar-refractivity contribution < 1.29 is 0 Å². The molecule has 0 heterocycles. The molecule has 0 aromatic heterocycles. The predicted molar refractivity (Wildman–Crippen MR) is 74.7 cm³/mol. The van der Waals surface area contributed by atoms with Gasteiger partial charge in [0.2, 0.25) is 0 Å². The molecule has 2 rings (SSSR count). The van der Waals surface area contributed by atoms with Crippen molar-refractivity contribution in [3.05, 3.63) is 34.9 Å². The highest BCUT2D eigenvalue weighted by Crippen LogP contribution is 2.37. The van der Waals surface area contributed by atoms with Crippen LogP contribution in [0.2, 0.25) is 5.02 Å². The molecule has 1 aromatic carbocycles. The van der Waals surface area contributed by atoms with Gasteiger partial charge in [-0.05, 0) is 49.4 Å². The Morgan fingerprint density at radius 2 is 2.12 bits per heavy atom. The Labute approximate surface area is 110 Å². The molecule has 2 heteroatoms. The number of hydrogen-bond acceptors (Lipinski definition) is 1. The van der Waals surface area contributed by atoms with Crippen molar-refractivity contribution in [1.82, 2.24) is 5.32 Å². The monoisotopic (exact) mass is 251 g/mol. The minimum Gasteiger partial charge on any atom is -0.314 e. The molecule has 1 aliphatic rings. The summed E-state index contributed by atoms with van der Waals surface area (Å²) < 4.78 is 0. The van der Waals surface area contributed by atoms with Crippen LogP contribution in [0.5, 0.6) is 0 Å². The van der Waals surface area contributed by atoms with Crippen LogP contribution in [0, 0.1) is 0 Å². The second-order valence-corrected chi connectivity index (χ2v) is 5.52. The van der Waals surface area contributed by atoms with Gasteiger partial charge < -0.3 is 5.32 Å². The molecule has 17 heavy (non-hydrogen) atoms. The fraction of sp³-hybridized carbons (Fsp3) is 0.600. The van der Waals surface area contributed by atoms with Crippen molar-refractivity contribution in [3.63, 3.8) is 0 Å². The fourth-order valence-electron chi connectivity index (χ4n) is 2.50. The summed E-state index contributed by atoms with van der Waals surface area (Å²) in [6, 6.07) is 9.05. The standard InChI is InChI=1S/C15H22ClN/c1-2-3-4-8-17-15-10-13(11-15)12-6-5-7-14(16)9-12/h5-7,9,13,15,17H,2-4,8,10-11H2,1H3. The lowest BCUT2D eigenvalue weighted by Gasteiger charge is -2.36. The van der Waals surface area contributed by atoms with Crippen LogP contribution in [0.25, 0.3) is 0 Å². The summed E-state index contributed by atoms with van der Waals surface area (Å²) in [6.45, 7) is 3.43. The Bertz CT molecular complexity index is 345. The van der Waals surface area contributed by atoms with E-state index in [0.717, 1.165) is 17.0 Å². The van der Waals surface area contributed by atoms with Gasteiger partial charge in [-0.25, -0.2) is 0 Å². The Morgan fingerprint density at radius 3 is 2.82 bits per heavy atom. The molecular formula is C15H22ClN. The lowest BCUT2D eigenvalue weighted by Crippen LogP contribution is -2.40. The van der Waals surface area contributed by atoms with Gasteiger partial charge in [-0.3, -0.25) is 0 Å². The maximum atomic E-state index is 6.01. The quantitative estimate of drug-likeness (QED) is 0.741. The molecule has 1 aromatic rings. The highest BCUT2D eigenvalue weighted by molar-refractivity contribution is 6.30. The van der Waals surface area contributed by atoms with Crippen LogP contribution in [0.1, 0.15) is 50.5 Å². The van der Waals surface area contributed by atoms with E-state index in [-0.39, 0.29) is 0 Å². The number of halogens is 1. The van der Waals surface area contributed by atoms with Crippen LogP contribution in [-0.4, -0.2) is 12.6 Å². The first kappa shape index (κ1) is 12.9. The first-order valence-electron chi connectivity index (χ1n) is 6.78. The molecule has 0 saturated heterocycles. The molecule has 0 radical (unpaired) electrons. The van der Waals surface area contributed by atoms with Gasteiger partial charge in [0.1, 0.15) is 0 Å². The third-order valence-corrected chi connectivity index (χ3v) is 3.91. The molecule has 1 saturated carbocycles. The number of benzene rings is 1. The Balaban J connectivity index is 1.68. The number of rotatable bonds is 6. The van der Waals surface area contributed by atoms with Gasteiger partial charge in [-0.1, -0.05) is 43.5 Å². The van der Waals surface area contributed by atoms with Crippen LogP contribution in [0.3, 0.4) is 0 Å². The highest BCUT2D eigenvalue weighted by atomic mass is 35.5. The first-order valence-corrected chi connectivity index (χ1v) is 7.16. The number of unbranched alkanes of at least 4 members (excludes halogenated alkanes) is 2. The molecule has 94 valence electrons. The van der Waals surface area contributed by atoms with Crippen molar-refractivity contribution >= 4 is 11.6 Å². The van der Waals surface area contributed by atoms with Gasteiger partial charge >= 0.3 is 0 Å². The smallest absolute Gasteiger partial charge is 0.0408 e. The molecule has 0 amide bonds. The minimum absolute atomic E-state index is 0.720. The lowest BCUT2D eigenvalue weighted by molar-refractivity contribution is 0.290. The average Bonchev–Trinajstić information content (AvgIpc) is 2.26. The van der Waals surface area contributed by atoms with E-state index in [1.807, 2.05) is 6.07 Å². The van der Waals surface area contributed by atoms with Crippen molar-refractivity contribution in [2.45, 2.75) is 51.0 Å². The van der Waals surface area contributed by atoms with Crippen molar-refractivity contribution in [2.24, 2.45) is 0 Å². The van der Waals surface area contributed by atoms with Crippen molar-refractivity contribution in [2.75, 3.05) is 6.54 Å². The van der Waals surface area contributed by atoms with Crippen LogP contribution < -0.4 is 5.32 Å². The maximum Gasteiger partial charge on any atom is 0.0408 e. The molecular weight excluding hydrogens is 230 g/mol. The Kier molecular flexibility index (Phi) is 4.87. The van der Waals surface area contributed by atoms with Gasteiger partial charge in [0.15, 0.2) is 0 Å². The molecule has 0 unspecified atom stereocenters. The van der Waals surface area contributed by atoms with E-state index >= 15 is 0 Å². The molecule has 1 nitrogen and oxygen atoms in total. The van der Waals surface area contributed by atoms with Gasteiger partial charge in [0.05, 0.1) is 0 Å². The fourth-order valence-corrected chi connectivity index (χ4v) is 2.70. The molecule has 1 fully saturated rings. The molecule has 0 bridgehead atoms. The normalized spacial score (nSPS) is 23.4. The average molecular weight is 252 g/mol. The summed E-state index contributed by atoms with van der Waals surface area (Å²) in [6.07, 6.45) is 6.50. The predicted octanol–water partition coefficient (Wildman–Crippen LogP) is 4.37. The van der Waals surface area contributed by atoms with Gasteiger partial charge in [-0.15, -0.1) is 0 Å². The van der Waals surface area contributed by atoms with Gasteiger partial charge in [-0.2, -0.15) is 0 Å². The summed E-state index contributed by atoms with van der Waals surface area (Å²) >= 11 is 6.01. The summed E-state index contributed by atoms with van der Waals surface area (Å²) in [5.74, 6) is 0.720. The second kappa shape index (κ2) is 6.42. The Morgan fingerprint density at radius 1 is 1.29 bits per heavy atom. The summed E-state index contributed by atoms with van der Waals surface area (Å²) in [7, 11) is 0. The van der Waals surface area contributed by atoms with Crippen LogP contribution in [-0.2, 0) is 0 Å². The van der Waals surface area contributed by atoms with E-state index in [9.17, 15) is 0 Å². The van der Waals surface area contributed by atoms with Crippen molar-refractivity contribution in [3.8, 4) is 0 Å². The largest absolute Gasteiger partial charge is 0.314 e. The zero-order valence-corrected chi connectivity index (χ0v) is 11.3. The lowest BCUT2D eigenvalue weighted by atomic mass is 9.76. The third kappa shape index (κ3) is 3.72. The molecule has 1 N–H and O–H groups in total. The summed E-state index contributed by atoms with van der Waals surface area (Å²) in [5.41, 5.74) is 1.41. The molecule has 0 spiro atoms. The molecule has 1 aliphatic carbocycles. The molecule has 0 aliphatic heterocycles. The van der Waals surface area contributed by atoms with Crippen LogP contribution in [0.15, 0.2) is 24.3 Å². The Hall–Kier alpha value is -0.530. The van der Waals surface area contributed by atoms with Crippen LogP contribution >= 0.6 is 11.6 Å². The summed E-state index contributed by atoms with van der Waals surface area (Å²) in [5, 5.41) is 4.50. The number of hydrogen-bond donors (Lipinski definition) is 1. The topological polar surface area (TPSA) is 12.0 Å². The molecule has 0 atom stereocenters. The van der Waals surface area contributed by atoms with E-state index in [0.29, 0.717) is 0 Å². The third-order valence-electron chi connectivity index (χ3n) is 3.67. The maximum absolute atomic E-state index is 6.01. The van der Waals surface area contributed by atoms with Crippen molar-refractivity contribution in [1.29, 1.82) is 0 Å². The minimum atomic E-state index is 0.720. The summed E-state index contributed by atoms with van der Waals surface area (Å²) in [4.78, 5) is 0. The van der Waals surface area contributed by atoms with E-state index in [2.05, 4.69) is 30.4 Å². The van der Waals surface area contributed by atoms with E-state index in [1.54, 1.807) is 0 Å². The van der Waals surface area contributed by atoms with Crippen LogP contribution in [0.4, 0.5) is 0 Å². The SMILES string of the molecule is CCCCCNC1CC(c2cccc(Cl)c2)C1. The van der Waals surface area contributed by atoms with Gasteiger partial charge in [0.25, 0.3) is 0 Å². The zero-order valence-electron chi connectivity index (χ0n) is 10.6. The second-order valence-electron chi connectivity index (χ2n) is 5.08. The van der Waals surface area contributed by atoms with E-state index in [1.165, 1.54) is 44.2 Å². The van der Waals surface area contributed by atoms with E-state index in [4.69, 9.17) is 11.6 Å². The zero-order chi connectivity index (χ0) is 12.1. The van der Waals surface area contributed by atoms with E-state index < -0.39 is 0 Å². The van der Waals surface area contributed by atoms with Gasteiger partial charge in [0, 0.05) is 11.1 Å². The first-order chi connectivity index (χ1) is 8.29.